The van der Waals surface area contributed by atoms with Crippen LogP contribution in [0.2, 0.25) is 0 Å². The van der Waals surface area contributed by atoms with Crippen LogP contribution in [-0.2, 0) is 22.9 Å². The molecule has 5 nitrogen and oxygen atoms in total. The van der Waals surface area contributed by atoms with Crippen LogP contribution in [-0.4, -0.2) is 14.3 Å². The summed E-state index contributed by atoms with van der Waals surface area (Å²) in [5, 5.41) is 0. The fourth-order valence-corrected chi connectivity index (χ4v) is 4.75. The smallest absolute Gasteiger partial charge is 0.273 e. The Bertz CT molecular complexity index is 887. The van der Waals surface area contributed by atoms with E-state index in [1.54, 1.807) is 6.07 Å². The summed E-state index contributed by atoms with van der Waals surface area (Å²) in [4.78, 5) is 14.8. The highest BCUT2D eigenvalue weighted by Gasteiger charge is 2.22. The van der Waals surface area contributed by atoms with Crippen LogP contribution in [0.5, 0.6) is 0 Å². The first-order valence-corrected chi connectivity index (χ1v) is 10.1. The molecule has 0 fully saturated rings. The van der Waals surface area contributed by atoms with Crippen molar-refractivity contribution in [2.24, 2.45) is 0 Å². The molecule has 0 unspecified atom stereocenters. The summed E-state index contributed by atoms with van der Waals surface area (Å²) in [5.74, 6) is -2.73. The van der Waals surface area contributed by atoms with Crippen molar-refractivity contribution < 1.29 is 22.0 Å². The molecule has 2 aromatic rings. The second kappa shape index (κ2) is 7.19. The lowest BCUT2D eigenvalue weighted by Gasteiger charge is -2.08. The monoisotopic (exact) mass is 386 g/mol. The number of nitrogens with one attached hydrogen (secondary N) is 2. The molecule has 1 aliphatic rings. The van der Waals surface area contributed by atoms with Gasteiger partial charge in [-0.15, -0.1) is 16.2 Å². The molecule has 0 saturated carbocycles. The fourth-order valence-electron chi connectivity index (χ4n) is 2.70. The molecule has 1 amide bonds. The van der Waals surface area contributed by atoms with Gasteiger partial charge in [0.15, 0.2) is 0 Å². The predicted molar refractivity (Wildman–Crippen MR) is 89.7 cm³/mol. The van der Waals surface area contributed by atoms with Gasteiger partial charge in [0.1, 0.15) is 16.5 Å². The molecule has 25 heavy (non-hydrogen) atoms. The van der Waals surface area contributed by atoms with E-state index in [-0.39, 0.29) is 0 Å². The Labute approximate surface area is 148 Å². The van der Waals surface area contributed by atoms with Crippen LogP contribution < -0.4 is 10.3 Å². The molecule has 1 aliphatic carbocycles. The highest BCUT2D eigenvalue weighted by Crippen LogP contribution is 2.28. The van der Waals surface area contributed by atoms with E-state index in [9.17, 15) is 22.0 Å². The molecule has 0 saturated heterocycles. The molecule has 3 rings (SSSR count). The van der Waals surface area contributed by atoms with Crippen molar-refractivity contribution in [1.82, 2.24) is 10.3 Å². The maximum Gasteiger partial charge on any atom is 0.276 e. The number of halogens is 2. The fraction of sp³-hybridized carbons (Fsp3) is 0.312. The first-order chi connectivity index (χ1) is 11.9. The molecule has 0 atom stereocenters. The van der Waals surface area contributed by atoms with E-state index in [0.717, 1.165) is 54.7 Å². The van der Waals surface area contributed by atoms with Gasteiger partial charge in [0, 0.05) is 10.9 Å². The van der Waals surface area contributed by atoms with E-state index in [2.05, 4.69) is 5.43 Å². The molecule has 0 bridgehead atoms. The first-order valence-electron chi connectivity index (χ1n) is 7.75. The van der Waals surface area contributed by atoms with E-state index >= 15 is 0 Å². The van der Waals surface area contributed by atoms with E-state index in [1.165, 1.54) is 11.3 Å². The molecule has 1 aromatic heterocycles. The predicted octanol–water partition coefficient (Wildman–Crippen LogP) is 2.92. The number of hydrogen-bond donors (Lipinski definition) is 2. The molecule has 1 heterocycles. The number of hydrazine groups is 1. The number of amides is 1. The number of fused-ring (bicyclic) bond motifs is 1. The van der Waals surface area contributed by atoms with Gasteiger partial charge in [-0.2, -0.15) is 0 Å². The zero-order chi connectivity index (χ0) is 18.0. The summed E-state index contributed by atoms with van der Waals surface area (Å²) in [7, 11) is -4.34. The zero-order valence-electron chi connectivity index (χ0n) is 13.1. The van der Waals surface area contributed by atoms with Crippen molar-refractivity contribution >= 4 is 27.3 Å². The number of carbonyl (C=O) groups excluding carboxylic acids is 1. The van der Waals surface area contributed by atoms with Crippen LogP contribution in [0.1, 0.15) is 39.4 Å². The van der Waals surface area contributed by atoms with Gasteiger partial charge in [-0.1, -0.05) is 6.42 Å². The summed E-state index contributed by atoms with van der Waals surface area (Å²) in [6.45, 7) is 0. The van der Waals surface area contributed by atoms with Crippen LogP contribution >= 0.6 is 11.3 Å². The molecule has 0 spiro atoms. The average molecular weight is 386 g/mol. The Balaban J connectivity index is 1.71. The first kappa shape index (κ1) is 18.0. The number of benzene rings is 1. The highest BCUT2D eigenvalue weighted by atomic mass is 32.2. The molecular formula is C16H16F2N2O3S2. The topological polar surface area (TPSA) is 75.3 Å². The van der Waals surface area contributed by atoms with E-state index in [1.807, 2.05) is 4.83 Å². The van der Waals surface area contributed by atoms with Crippen LogP contribution in [0.4, 0.5) is 8.78 Å². The largest absolute Gasteiger partial charge is 0.276 e. The van der Waals surface area contributed by atoms with Crippen LogP contribution in [0, 0.1) is 11.6 Å². The lowest BCUT2D eigenvalue weighted by Crippen LogP contribution is -2.41. The minimum absolute atomic E-state index is 0.397. The zero-order valence-corrected chi connectivity index (χ0v) is 14.8. The number of carbonyl (C=O) groups is 1. The summed E-state index contributed by atoms with van der Waals surface area (Å²) in [6.07, 6.45) is 5.13. The van der Waals surface area contributed by atoms with Gasteiger partial charge in [0.2, 0.25) is 0 Å². The van der Waals surface area contributed by atoms with Gasteiger partial charge in [-0.05, 0) is 49.4 Å². The second-order valence-electron chi connectivity index (χ2n) is 5.75. The molecule has 0 aliphatic heterocycles. The Hall–Kier alpha value is -1.84. The third kappa shape index (κ3) is 4.05. The number of rotatable bonds is 4. The third-order valence-electron chi connectivity index (χ3n) is 3.95. The van der Waals surface area contributed by atoms with Gasteiger partial charge in [0.25, 0.3) is 15.9 Å². The summed E-state index contributed by atoms with van der Waals surface area (Å²) >= 11 is 1.34. The van der Waals surface area contributed by atoms with Crippen LogP contribution in [0.3, 0.4) is 0 Å². The van der Waals surface area contributed by atoms with Crippen molar-refractivity contribution in [3.63, 3.8) is 0 Å². The lowest BCUT2D eigenvalue weighted by atomic mass is 10.1. The minimum atomic E-state index is -4.34. The number of sulfonamides is 1. The molecule has 9 heteroatoms. The van der Waals surface area contributed by atoms with Gasteiger partial charge in [-0.3, -0.25) is 10.2 Å². The van der Waals surface area contributed by atoms with E-state index in [4.69, 9.17) is 0 Å². The van der Waals surface area contributed by atoms with Crippen molar-refractivity contribution in [3.8, 4) is 0 Å². The second-order valence-corrected chi connectivity index (χ2v) is 8.54. The normalized spacial score (nSPS) is 14.6. The molecule has 2 N–H and O–H groups in total. The maximum atomic E-state index is 13.6. The summed E-state index contributed by atoms with van der Waals surface area (Å²) < 4.78 is 50.6. The maximum absolute atomic E-state index is 13.6. The van der Waals surface area contributed by atoms with Gasteiger partial charge in [-0.25, -0.2) is 17.2 Å². The average Bonchev–Trinajstić information content (AvgIpc) is 2.83. The molecule has 134 valence electrons. The van der Waals surface area contributed by atoms with E-state index in [0.29, 0.717) is 10.9 Å². The quantitative estimate of drug-likeness (QED) is 0.627. The lowest BCUT2D eigenvalue weighted by molar-refractivity contribution is 0.0949. The Morgan fingerprint density at radius 1 is 1.08 bits per heavy atom. The number of hydrogen-bond acceptors (Lipinski definition) is 4. The Kier molecular flexibility index (Phi) is 5.16. The molecule has 1 aromatic carbocycles. The van der Waals surface area contributed by atoms with Gasteiger partial charge in [0.05, 0.1) is 4.88 Å². The number of aryl methyl sites for hydroxylation is 2. The minimum Gasteiger partial charge on any atom is -0.273 e. The molecule has 0 radical (unpaired) electrons. The summed E-state index contributed by atoms with van der Waals surface area (Å²) in [5.41, 5.74) is 3.20. The SMILES string of the molecule is O=C(NNS(=O)(=O)c1ccc(F)cc1F)c1cc2c(s1)CCCCC2. The third-order valence-corrected chi connectivity index (χ3v) is 6.47. The van der Waals surface area contributed by atoms with Crippen molar-refractivity contribution in [2.75, 3.05) is 0 Å². The standard InChI is InChI=1S/C16H16F2N2O3S2/c17-11-6-7-15(12(18)9-11)25(22,23)20-19-16(21)14-8-10-4-2-1-3-5-13(10)24-14/h6-9,20H,1-5H2,(H,19,21). The van der Waals surface area contributed by atoms with E-state index < -0.39 is 32.5 Å². The van der Waals surface area contributed by atoms with Crippen molar-refractivity contribution in [1.29, 1.82) is 0 Å². The number of thiophene rings is 1. The van der Waals surface area contributed by atoms with Gasteiger partial charge < -0.3 is 0 Å². The van der Waals surface area contributed by atoms with Gasteiger partial charge >= 0.3 is 0 Å². The Morgan fingerprint density at radius 2 is 1.84 bits per heavy atom. The summed E-state index contributed by atoms with van der Waals surface area (Å²) in [6, 6.07) is 3.86. The molecular weight excluding hydrogens is 370 g/mol. The highest BCUT2D eigenvalue weighted by molar-refractivity contribution is 7.89. The van der Waals surface area contributed by atoms with Crippen LogP contribution in [0.25, 0.3) is 0 Å². The van der Waals surface area contributed by atoms with Crippen molar-refractivity contribution in [2.45, 2.75) is 37.0 Å². The van der Waals surface area contributed by atoms with Crippen LogP contribution in [0.15, 0.2) is 29.2 Å². The Morgan fingerprint density at radius 3 is 2.60 bits per heavy atom. The van der Waals surface area contributed by atoms with Crippen molar-refractivity contribution in [3.05, 3.63) is 51.2 Å².